The zero-order valence-corrected chi connectivity index (χ0v) is 42.7. The van der Waals surface area contributed by atoms with E-state index in [9.17, 15) is 37.5 Å². The van der Waals surface area contributed by atoms with Gasteiger partial charge in [-0.15, -0.1) is 0 Å². The van der Waals surface area contributed by atoms with Crippen LogP contribution in [-0.4, -0.2) is 122 Å². The second-order valence-electron chi connectivity index (χ2n) is 18.4. The van der Waals surface area contributed by atoms with Gasteiger partial charge in [-0.1, -0.05) is 25.6 Å². The number of pyridine rings is 2. The van der Waals surface area contributed by atoms with Gasteiger partial charge in [-0.25, -0.2) is 23.7 Å². The zero-order valence-electron chi connectivity index (χ0n) is 41.1. The molecule has 6 aromatic heterocycles. The Morgan fingerprint density at radius 2 is 1.20 bits per heavy atom. The van der Waals surface area contributed by atoms with E-state index in [0.29, 0.717) is 54.9 Å². The summed E-state index contributed by atoms with van der Waals surface area (Å²) in [4.78, 5) is 96.7. The standard InChI is InChI=1S/C27H24BrFN6O3.C27H25FN6O3.CH4/c1-15(36)21-13-34(22-7-6-17(8-20(21)22)18-10-30-16(2)31-11-18)14-26(37)35-12-19(29)9-23(35)27(38)33-25-5-3-4-24(28)32-25;1-16-7-21(12-29-10-16)32-27(37)25-9-20(28)13-34(25)26(36)15-33-14-23(17(2)35)22-8-18(3-4-24(22)33)19-5-6-30-31-11-19;/h3-8,10-11,13,19,23H,9,12,14H2,1-2H3,(H,32,33,38);3-8,10-12,14,20,25H,9,13,15H2,1-2H3,(H,32,37);1H4/t19-,23+;20-,25+;/m11./s1. The summed E-state index contributed by atoms with van der Waals surface area (Å²) >= 11 is 3.25. The molecule has 0 unspecified atom stereocenters. The third-order valence-electron chi connectivity index (χ3n) is 13.0. The van der Waals surface area contributed by atoms with Crippen molar-refractivity contribution in [3.63, 3.8) is 0 Å². The Balaban J connectivity index is 0.000000199. The second-order valence-corrected chi connectivity index (χ2v) is 19.2. The number of likely N-dealkylation sites (tertiary alicyclic amines) is 2. The molecule has 8 heterocycles. The minimum absolute atomic E-state index is 0. The van der Waals surface area contributed by atoms with E-state index in [4.69, 9.17) is 0 Å². The molecule has 2 aliphatic heterocycles. The number of hydrogen-bond donors (Lipinski definition) is 2. The number of benzene rings is 2. The highest BCUT2D eigenvalue weighted by Crippen LogP contribution is 2.32. The van der Waals surface area contributed by atoms with Crippen molar-refractivity contribution >= 4 is 84.4 Å². The van der Waals surface area contributed by atoms with Crippen LogP contribution in [0.2, 0.25) is 0 Å². The Hall–Kier alpha value is -8.46. The molecule has 8 aromatic rings. The van der Waals surface area contributed by atoms with Crippen LogP contribution < -0.4 is 10.6 Å². The first kappa shape index (κ1) is 53.8. The van der Waals surface area contributed by atoms with Crippen LogP contribution in [0.25, 0.3) is 44.1 Å². The fourth-order valence-electron chi connectivity index (χ4n) is 9.41. The van der Waals surface area contributed by atoms with Crippen LogP contribution >= 0.6 is 15.9 Å². The van der Waals surface area contributed by atoms with Gasteiger partial charge in [0.15, 0.2) is 11.6 Å². The minimum atomic E-state index is -1.32. The lowest BCUT2D eigenvalue weighted by atomic mass is 10.0. The smallest absolute Gasteiger partial charge is 0.248 e. The molecule has 2 saturated heterocycles. The van der Waals surface area contributed by atoms with Crippen LogP contribution in [-0.2, 0) is 32.3 Å². The molecule has 18 nitrogen and oxygen atoms in total. The predicted molar refractivity (Wildman–Crippen MR) is 286 cm³/mol. The molecule has 0 spiro atoms. The molecule has 4 amide bonds. The summed E-state index contributed by atoms with van der Waals surface area (Å²) in [6.45, 7) is 5.95. The summed E-state index contributed by atoms with van der Waals surface area (Å²) in [6, 6.07) is 17.9. The van der Waals surface area contributed by atoms with Gasteiger partial charge in [-0.05, 0) is 109 Å². The van der Waals surface area contributed by atoms with Crippen molar-refractivity contribution in [1.29, 1.82) is 0 Å². The fourth-order valence-corrected chi connectivity index (χ4v) is 9.75. The normalized spacial score (nSPS) is 16.9. The number of nitrogens with zero attached hydrogens (tertiary/aromatic N) is 10. The summed E-state index contributed by atoms with van der Waals surface area (Å²) in [5.41, 5.74) is 6.99. The van der Waals surface area contributed by atoms with Crippen molar-refractivity contribution in [2.24, 2.45) is 0 Å². The number of nitrogens with one attached hydrogen (secondary N) is 2. The van der Waals surface area contributed by atoms with Crippen LogP contribution in [0, 0.1) is 13.8 Å². The largest absolute Gasteiger partial charge is 0.337 e. The highest BCUT2D eigenvalue weighted by atomic mass is 79.9. The molecule has 0 aliphatic carbocycles. The molecule has 390 valence electrons. The average Bonchev–Trinajstić information content (AvgIpc) is 4.19. The number of carbonyl (C=O) groups is 6. The van der Waals surface area contributed by atoms with Gasteiger partial charge in [0, 0.05) is 87.9 Å². The lowest BCUT2D eigenvalue weighted by Crippen LogP contribution is -2.44. The van der Waals surface area contributed by atoms with E-state index in [2.05, 4.69) is 56.7 Å². The van der Waals surface area contributed by atoms with E-state index in [0.717, 1.165) is 27.8 Å². The zero-order chi connectivity index (χ0) is 53.1. The van der Waals surface area contributed by atoms with Crippen molar-refractivity contribution in [1.82, 2.24) is 49.1 Å². The van der Waals surface area contributed by atoms with E-state index in [1.54, 1.807) is 83.7 Å². The molecule has 21 heteroatoms. The number of hydrogen-bond acceptors (Lipinski definition) is 12. The van der Waals surface area contributed by atoms with Crippen molar-refractivity contribution in [3.05, 3.63) is 143 Å². The van der Waals surface area contributed by atoms with Crippen molar-refractivity contribution in [3.8, 4) is 22.3 Å². The number of anilines is 2. The first-order chi connectivity index (χ1) is 36.0. The molecule has 0 radical (unpaired) electrons. The molecule has 2 fully saturated rings. The molecule has 4 atom stereocenters. The van der Waals surface area contributed by atoms with Crippen LogP contribution in [0.3, 0.4) is 0 Å². The van der Waals surface area contributed by atoms with Crippen LogP contribution in [0.1, 0.15) is 66.2 Å². The Kier molecular flexibility index (Phi) is 16.3. The van der Waals surface area contributed by atoms with Gasteiger partial charge < -0.3 is 29.6 Å². The SMILES string of the molecule is C.CC(=O)c1cn(CC(=O)N2C[C@H](F)C[C@H]2C(=O)Nc2cccc(Br)n2)c2ccc(-c3cnc(C)nc3)cc12.CC(=O)c1cn(CC(=O)N2C[C@H](F)C[C@H]2C(=O)Nc2cncc(C)c2)c2ccc(-c3ccnnc3)cc12. The van der Waals surface area contributed by atoms with E-state index >= 15 is 0 Å². The quantitative estimate of drug-likeness (QED) is 0.0868. The summed E-state index contributed by atoms with van der Waals surface area (Å²) in [6.07, 6.45) is 10.3. The second kappa shape index (κ2) is 23.0. The summed E-state index contributed by atoms with van der Waals surface area (Å²) in [5.74, 6) is -1.13. The summed E-state index contributed by atoms with van der Waals surface area (Å²) in [5, 5.41) is 14.5. The molecular weight excluding hydrogens is 1040 g/mol. The topological polar surface area (TPSA) is 220 Å². The van der Waals surface area contributed by atoms with Crippen molar-refractivity contribution in [2.75, 3.05) is 23.7 Å². The van der Waals surface area contributed by atoms with Crippen molar-refractivity contribution < 1.29 is 37.5 Å². The van der Waals surface area contributed by atoms with E-state index in [-0.39, 0.29) is 58.0 Å². The summed E-state index contributed by atoms with van der Waals surface area (Å²) < 4.78 is 32.7. The number of halogens is 3. The molecule has 2 aromatic carbocycles. The van der Waals surface area contributed by atoms with E-state index < -0.39 is 48.1 Å². The number of ketones is 2. The minimum Gasteiger partial charge on any atom is -0.337 e. The molecule has 2 N–H and O–H groups in total. The third kappa shape index (κ3) is 11.9. The molecule has 76 heavy (non-hydrogen) atoms. The van der Waals surface area contributed by atoms with Gasteiger partial charge in [0.2, 0.25) is 23.6 Å². The lowest BCUT2D eigenvalue weighted by molar-refractivity contribution is -0.137. The molecule has 10 rings (SSSR count). The molecule has 2 aliphatic rings. The average molecular weight is 1100 g/mol. The first-order valence-corrected chi connectivity index (χ1v) is 24.7. The number of carbonyl (C=O) groups excluding carboxylic acids is 6. The molecule has 0 bridgehead atoms. The number of aromatic nitrogens is 8. The Morgan fingerprint density at radius 3 is 1.71 bits per heavy atom. The van der Waals surface area contributed by atoms with Gasteiger partial charge in [0.1, 0.15) is 53.8 Å². The van der Waals surface area contributed by atoms with Crippen LogP contribution in [0.5, 0.6) is 0 Å². The van der Waals surface area contributed by atoms with Gasteiger partial charge in [-0.3, -0.25) is 33.8 Å². The van der Waals surface area contributed by atoms with Gasteiger partial charge in [-0.2, -0.15) is 10.2 Å². The fraction of sp³-hybridized carbons (Fsp3) is 0.273. The van der Waals surface area contributed by atoms with Crippen LogP contribution in [0.15, 0.2) is 121 Å². The van der Waals surface area contributed by atoms with E-state index in [1.807, 2.05) is 49.4 Å². The maximum absolute atomic E-state index is 14.4. The first-order valence-electron chi connectivity index (χ1n) is 23.9. The van der Waals surface area contributed by atoms with E-state index in [1.165, 1.54) is 29.8 Å². The number of rotatable bonds is 12. The number of Topliss-reactive ketones (excluding diaryl/α,β-unsaturated/α-hetero) is 2. The third-order valence-corrected chi connectivity index (χ3v) is 13.5. The number of amides is 4. The van der Waals surface area contributed by atoms with Crippen LogP contribution in [0.4, 0.5) is 20.3 Å². The Morgan fingerprint density at radius 1 is 0.645 bits per heavy atom. The highest BCUT2D eigenvalue weighted by molar-refractivity contribution is 9.10. The number of aryl methyl sites for hydroxylation is 2. The van der Waals surface area contributed by atoms with Gasteiger partial charge in [0.05, 0.1) is 37.4 Å². The maximum Gasteiger partial charge on any atom is 0.248 e. The molecule has 0 saturated carbocycles. The maximum atomic E-state index is 14.4. The number of fused-ring (bicyclic) bond motifs is 2. The Bertz CT molecular complexity index is 3520. The predicted octanol–water partition coefficient (Wildman–Crippen LogP) is 8.56. The highest BCUT2D eigenvalue weighted by Gasteiger charge is 2.41. The summed E-state index contributed by atoms with van der Waals surface area (Å²) in [7, 11) is 0. The lowest BCUT2D eigenvalue weighted by Gasteiger charge is -2.24. The van der Waals surface area contributed by atoms with Gasteiger partial charge >= 0.3 is 0 Å². The Labute approximate surface area is 444 Å². The number of alkyl halides is 2. The van der Waals surface area contributed by atoms with Gasteiger partial charge in [0.25, 0.3) is 0 Å². The molecular formula is C55H53BrF2N12O6. The monoisotopic (exact) mass is 1090 g/mol. The van der Waals surface area contributed by atoms with Crippen molar-refractivity contribution in [2.45, 2.75) is 85.5 Å².